The average Bonchev–Trinajstić information content (AvgIpc) is 0.854. The molecular weight excluding hydrogens is 1390 g/mol. The summed E-state index contributed by atoms with van der Waals surface area (Å²) in [7, 11) is 0. The first-order chi connectivity index (χ1) is 52.2. The van der Waals surface area contributed by atoms with Crippen molar-refractivity contribution in [3.05, 3.63) is 425 Å². The van der Waals surface area contributed by atoms with E-state index in [0.29, 0.717) is 131 Å². The van der Waals surface area contributed by atoms with E-state index in [1.165, 1.54) is 115 Å². The molecule has 0 aliphatic carbocycles. The van der Waals surface area contributed by atoms with E-state index in [9.17, 15) is 52.7 Å². The fourth-order valence-electron chi connectivity index (χ4n) is 12.1. The van der Waals surface area contributed by atoms with Crippen LogP contribution in [-0.4, -0.2) is 39.3 Å². The van der Waals surface area contributed by atoms with Gasteiger partial charge in [0.1, 0.15) is 69.8 Å². The Morgan fingerprint density at radius 1 is 0.167 bits per heavy atom. The molecule has 564 valence electrons. The lowest BCUT2D eigenvalue weighted by Gasteiger charge is -2.10. The van der Waals surface area contributed by atoms with Gasteiger partial charge in [0.15, 0.2) is 0 Å². The van der Waals surface area contributed by atoms with Gasteiger partial charge in [0.2, 0.25) is 0 Å². The third-order valence-corrected chi connectivity index (χ3v) is 17.5. The van der Waals surface area contributed by atoms with Gasteiger partial charge in [-0.3, -0.25) is 0 Å². The van der Waals surface area contributed by atoms with Gasteiger partial charge in [-0.1, -0.05) is 140 Å². The van der Waals surface area contributed by atoms with Crippen molar-refractivity contribution in [3.8, 4) is 0 Å². The monoisotopic (exact) mass is 1480 g/mol. The lowest BCUT2D eigenvalue weighted by molar-refractivity contribution is 0.596. The van der Waals surface area contributed by atoms with Gasteiger partial charge in [-0.05, 0) is 306 Å². The molecule has 0 spiro atoms. The fourth-order valence-corrected chi connectivity index (χ4v) is 12.1. The normalized spacial score (nSPS) is 10.6. The zero-order valence-corrected chi connectivity index (χ0v) is 60.0. The molecule has 0 atom stereocenters. The molecule has 0 aliphatic heterocycles. The Balaban J connectivity index is 0.000000180. The van der Waals surface area contributed by atoms with Crippen molar-refractivity contribution in [1.29, 1.82) is 0 Å². The molecule has 0 heterocycles. The van der Waals surface area contributed by atoms with Gasteiger partial charge in [0, 0.05) is 25.7 Å². The van der Waals surface area contributed by atoms with E-state index in [-0.39, 0.29) is 76.2 Å². The average molecular weight is 1480 g/mol. The minimum absolute atomic E-state index is 0.231. The molecule has 0 radical (unpaired) electrons. The van der Waals surface area contributed by atoms with Crippen molar-refractivity contribution >= 4 is 0 Å². The van der Waals surface area contributed by atoms with Crippen LogP contribution in [0.25, 0.3) is 0 Å². The molecule has 12 aromatic rings. The minimum atomic E-state index is -0.306. The summed E-state index contributed by atoms with van der Waals surface area (Å²) >= 11 is 0. The molecule has 6 nitrogen and oxygen atoms in total. The van der Waals surface area contributed by atoms with Crippen molar-refractivity contribution < 1.29 is 52.7 Å². The number of benzene rings is 12. The minimum Gasteiger partial charge on any atom is -0.330 e. The molecule has 12 N–H and O–H groups in total. The van der Waals surface area contributed by atoms with Crippen LogP contribution in [0.5, 0.6) is 0 Å². The van der Waals surface area contributed by atoms with Crippen LogP contribution in [0.2, 0.25) is 0 Å². The molecular formula is C90H90F12N6. The second-order valence-corrected chi connectivity index (χ2v) is 25.4. The first kappa shape index (κ1) is 84.8. The maximum atomic E-state index is 13.8. The van der Waals surface area contributed by atoms with E-state index in [0.717, 1.165) is 78.7 Å². The smallest absolute Gasteiger partial charge is 0.127 e. The summed E-state index contributed by atoms with van der Waals surface area (Å²) in [5.41, 5.74) is 47.7. The number of rotatable bonds is 24. The predicted molar refractivity (Wildman–Crippen MR) is 410 cm³/mol. The summed E-state index contributed by atoms with van der Waals surface area (Å²) < 4.78 is 160. The second-order valence-electron chi connectivity index (χ2n) is 25.4. The van der Waals surface area contributed by atoms with Crippen LogP contribution in [0, 0.1) is 69.8 Å². The Bertz CT molecular complexity index is 4730. The molecule has 0 bridgehead atoms. The van der Waals surface area contributed by atoms with Gasteiger partial charge >= 0.3 is 0 Å². The Kier molecular flexibility index (Phi) is 35.6. The molecule has 0 unspecified atom stereocenters. The summed E-state index contributed by atoms with van der Waals surface area (Å²) in [6.07, 6.45) is 6.57. The van der Waals surface area contributed by atoms with Crippen molar-refractivity contribution in [3.63, 3.8) is 0 Å². The summed E-state index contributed by atoms with van der Waals surface area (Å²) in [6, 6.07) is 66.8. The van der Waals surface area contributed by atoms with Crippen molar-refractivity contribution in [1.82, 2.24) is 0 Å². The third-order valence-electron chi connectivity index (χ3n) is 17.5. The maximum Gasteiger partial charge on any atom is 0.127 e. The van der Waals surface area contributed by atoms with Crippen LogP contribution in [0.3, 0.4) is 0 Å². The first-order valence-corrected chi connectivity index (χ1v) is 35.5. The third kappa shape index (κ3) is 28.0. The van der Waals surface area contributed by atoms with Crippen LogP contribution in [0.4, 0.5) is 52.7 Å². The largest absolute Gasteiger partial charge is 0.330 e. The Morgan fingerprint density at radius 3 is 0.787 bits per heavy atom. The van der Waals surface area contributed by atoms with Gasteiger partial charge in [-0.15, -0.1) is 0 Å². The highest BCUT2D eigenvalue weighted by Gasteiger charge is 2.15. The molecule has 0 fully saturated rings. The zero-order valence-electron chi connectivity index (χ0n) is 60.0. The number of halogens is 12. The van der Waals surface area contributed by atoms with Crippen LogP contribution in [0.15, 0.2) is 255 Å². The van der Waals surface area contributed by atoms with E-state index >= 15 is 0 Å². The first-order valence-electron chi connectivity index (χ1n) is 35.5. The van der Waals surface area contributed by atoms with E-state index in [1.807, 2.05) is 24.3 Å². The van der Waals surface area contributed by atoms with Gasteiger partial charge in [-0.2, -0.15) is 0 Å². The van der Waals surface area contributed by atoms with Crippen molar-refractivity contribution in [2.24, 2.45) is 34.4 Å². The fraction of sp³-hybridized carbons (Fsp3) is 0.200. The predicted octanol–water partition coefficient (Wildman–Crippen LogP) is 18.3. The van der Waals surface area contributed by atoms with E-state index < -0.39 is 0 Å². The van der Waals surface area contributed by atoms with Crippen molar-refractivity contribution in [2.45, 2.75) is 77.0 Å². The van der Waals surface area contributed by atoms with Gasteiger partial charge < -0.3 is 34.4 Å². The number of nitrogens with two attached hydrogens (primary N) is 6. The number of hydrogen-bond acceptors (Lipinski definition) is 6. The SMILES string of the molecule is NCCc1ccc(F)cc1Cc1ccc(F)cc1.NCCc1ccc(F)cc1Cc1cccc(F)c1.NCCc1ccc(F)cc1Cc1ccccc1F.NCCc1cccc(F)c1Cc1ccc(F)cc1.NCCc1cccc(F)c1Cc1cccc(F)c1.NCCc1cccc(F)c1Cc1ccccc1F. The lowest BCUT2D eigenvalue weighted by atomic mass is 9.97. The second kappa shape index (κ2) is 45.3. The van der Waals surface area contributed by atoms with Gasteiger partial charge in [0.25, 0.3) is 0 Å². The van der Waals surface area contributed by atoms with Crippen molar-refractivity contribution in [2.75, 3.05) is 39.3 Å². The van der Waals surface area contributed by atoms with Crippen LogP contribution in [-0.2, 0) is 77.0 Å². The Hall–Kier alpha value is -10.4. The Morgan fingerprint density at radius 2 is 0.426 bits per heavy atom. The van der Waals surface area contributed by atoms with E-state index in [4.69, 9.17) is 34.4 Å². The van der Waals surface area contributed by atoms with Crippen LogP contribution >= 0.6 is 0 Å². The van der Waals surface area contributed by atoms with Crippen LogP contribution < -0.4 is 34.4 Å². The zero-order chi connectivity index (χ0) is 77.7. The molecule has 12 aromatic carbocycles. The summed E-state index contributed by atoms with van der Waals surface area (Å²) in [5.74, 6) is -3.32. The maximum absolute atomic E-state index is 13.8. The van der Waals surface area contributed by atoms with Crippen LogP contribution in [0.1, 0.15) is 100 Å². The molecule has 12 rings (SSSR count). The standard InChI is InChI=1S/6C15H15F2N/c16-14-4-1-11(2-5-14)9-13-10-15(17)6-3-12(13)7-8-18;16-13-5-1-3-11(9-13)10-14-12(7-8-18)4-2-6-15(14)17;16-14-6-2-1-4-12(14)10-13-11(8-9-18)5-3-7-15(13)17;16-13-6-4-11(5-7-13)10-14-12(8-9-18)2-1-3-15(14)17;16-14-3-1-2-11(9-14)8-13-10-15(17)5-4-12(13)6-7-18;16-14-6-5-11(7-8-18)13(10-14)9-12-3-1-2-4-15(12)17/h1-6,10H,7-9,18H2;1-6,9H,7-8,10,18H2;2*1-7H,8-10,18H2;1-5,9-10H,6-8,18H2;1-6,10H,7-9,18H2. The van der Waals surface area contributed by atoms with E-state index in [2.05, 4.69) is 0 Å². The molecule has 0 saturated carbocycles. The quantitative estimate of drug-likeness (QED) is 0.0331. The number of hydrogen-bond donors (Lipinski definition) is 6. The molecule has 18 heteroatoms. The Labute approximate surface area is 625 Å². The highest BCUT2D eigenvalue weighted by molar-refractivity contribution is 5.40. The molecule has 0 saturated heterocycles. The molecule has 0 amide bonds. The lowest BCUT2D eigenvalue weighted by Crippen LogP contribution is -2.07. The molecule has 0 aromatic heterocycles. The van der Waals surface area contributed by atoms with Gasteiger partial charge in [-0.25, -0.2) is 52.7 Å². The summed E-state index contributed by atoms with van der Waals surface area (Å²) in [4.78, 5) is 0. The highest BCUT2D eigenvalue weighted by atomic mass is 19.2. The summed E-state index contributed by atoms with van der Waals surface area (Å²) in [6.45, 7) is 2.95. The molecule has 108 heavy (non-hydrogen) atoms. The van der Waals surface area contributed by atoms with Gasteiger partial charge in [0.05, 0.1) is 0 Å². The topological polar surface area (TPSA) is 156 Å². The van der Waals surface area contributed by atoms with E-state index in [1.54, 1.807) is 115 Å². The molecule has 0 aliphatic rings. The highest BCUT2D eigenvalue weighted by Crippen LogP contribution is 2.26. The summed E-state index contributed by atoms with van der Waals surface area (Å²) in [5, 5.41) is 0.